The highest BCUT2D eigenvalue weighted by atomic mass is 32.2. The first-order valence-corrected chi connectivity index (χ1v) is 9.58. The summed E-state index contributed by atoms with van der Waals surface area (Å²) in [7, 11) is -3.88. The highest BCUT2D eigenvalue weighted by Gasteiger charge is 2.27. The number of hydrogen-bond acceptors (Lipinski definition) is 4. The second-order valence-corrected chi connectivity index (χ2v) is 7.87. The van der Waals surface area contributed by atoms with Crippen molar-refractivity contribution in [2.45, 2.75) is 31.4 Å². The normalized spacial score (nSPS) is 16.7. The minimum atomic E-state index is -3.88. The van der Waals surface area contributed by atoms with Crippen LogP contribution in [0.3, 0.4) is 0 Å². The molecule has 1 aliphatic rings. The van der Waals surface area contributed by atoms with E-state index in [1.165, 1.54) is 48.2 Å². The van der Waals surface area contributed by atoms with Gasteiger partial charge in [0.2, 0.25) is 15.9 Å². The van der Waals surface area contributed by atoms with Crippen molar-refractivity contribution in [2.24, 2.45) is 0 Å². The van der Waals surface area contributed by atoms with Crippen LogP contribution in [0.25, 0.3) is 0 Å². The summed E-state index contributed by atoms with van der Waals surface area (Å²) in [4.78, 5) is 13.3. The van der Waals surface area contributed by atoms with Gasteiger partial charge in [-0.05, 0) is 31.2 Å². The summed E-state index contributed by atoms with van der Waals surface area (Å²) in [5.74, 6) is -0.229. The van der Waals surface area contributed by atoms with E-state index in [-0.39, 0.29) is 29.0 Å². The maximum absolute atomic E-state index is 13.7. The van der Waals surface area contributed by atoms with Gasteiger partial charge in [0, 0.05) is 19.0 Å². The second kappa shape index (κ2) is 7.05. The zero-order chi connectivity index (χ0) is 18.9. The van der Waals surface area contributed by atoms with Gasteiger partial charge in [-0.2, -0.15) is 0 Å². The van der Waals surface area contributed by atoms with E-state index < -0.39 is 15.8 Å². The monoisotopic (exact) mass is 378 g/mol. The van der Waals surface area contributed by atoms with Crippen molar-refractivity contribution < 1.29 is 22.3 Å². The first-order valence-electron chi connectivity index (χ1n) is 8.10. The maximum atomic E-state index is 13.7. The number of amides is 1. The van der Waals surface area contributed by atoms with Crippen molar-refractivity contribution in [1.82, 2.24) is 4.72 Å². The zero-order valence-corrected chi connectivity index (χ0v) is 15.2. The smallest absolute Gasteiger partial charge is 0.240 e. The summed E-state index contributed by atoms with van der Waals surface area (Å²) in [6, 6.07) is 10.3. The lowest BCUT2D eigenvalue weighted by molar-refractivity contribution is -0.117. The van der Waals surface area contributed by atoms with Gasteiger partial charge in [-0.1, -0.05) is 18.2 Å². The fraction of sp³-hybridized carbons (Fsp3) is 0.278. The molecule has 2 aromatic rings. The Morgan fingerprint density at radius 1 is 1.31 bits per heavy atom. The Morgan fingerprint density at radius 3 is 2.73 bits per heavy atom. The summed E-state index contributed by atoms with van der Waals surface area (Å²) >= 11 is 0. The van der Waals surface area contributed by atoms with E-state index in [1.54, 1.807) is 6.07 Å². The molecule has 1 N–H and O–H groups in total. The number of benzene rings is 2. The largest absolute Gasteiger partial charge is 0.487 e. The Bertz CT molecular complexity index is 946. The fourth-order valence-electron chi connectivity index (χ4n) is 2.78. The van der Waals surface area contributed by atoms with Crippen LogP contribution >= 0.6 is 0 Å². The third-order valence-corrected chi connectivity index (χ3v) is 5.49. The lowest BCUT2D eigenvalue weighted by Gasteiger charge is -2.33. The molecule has 0 aliphatic carbocycles. The number of nitrogens with one attached hydrogen (secondary N) is 1. The van der Waals surface area contributed by atoms with Crippen LogP contribution in [0.5, 0.6) is 5.75 Å². The molecule has 1 unspecified atom stereocenters. The number of sulfonamides is 1. The van der Waals surface area contributed by atoms with E-state index in [4.69, 9.17) is 4.74 Å². The van der Waals surface area contributed by atoms with Gasteiger partial charge in [0.1, 0.15) is 17.7 Å². The van der Waals surface area contributed by atoms with Crippen LogP contribution < -0.4 is 14.4 Å². The molecule has 0 fully saturated rings. The van der Waals surface area contributed by atoms with Gasteiger partial charge in [-0.25, -0.2) is 17.5 Å². The highest BCUT2D eigenvalue weighted by molar-refractivity contribution is 7.89. The van der Waals surface area contributed by atoms with Gasteiger partial charge in [-0.3, -0.25) is 4.79 Å². The average Bonchev–Trinajstić information content (AvgIpc) is 2.59. The average molecular weight is 378 g/mol. The van der Waals surface area contributed by atoms with Crippen molar-refractivity contribution in [3.8, 4) is 5.75 Å². The lowest BCUT2D eigenvalue weighted by Crippen LogP contribution is -2.41. The quantitative estimate of drug-likeness (QED) is 0.887. The summed E-state index contributed by atoms with van der Waals surface area (Å²) in [6.45, 7) is 3.42. The van der Waals surface area contributed by atoms with Crippen molar-refractivity contribution in [2.75, 3.05) is 11.4 Å². The third-order valence-electron chi connectivity index (χ3n) is 4.09. The molecular formula is C18H19FN2O4S. The first kappa shape index (κ1) is 18.3. The van der Waals surface area contributed by atoms with Crippen LogP contribution in [-0.2, 0) is 21.4 Å². The molecule has 8 heteroatoms. The van der Waals surface area contributed by atoms with Gasteiger partial charge in [0.25, 0.3) is 0 Å². The maximum Gasteiger partial charge on any atom is 0.240 e. The molecule has 1 atom stereocenters. The lowest BCUT2D eigenvalue weighted by atomic mass is 10.2. The van der Waals surface area contributed by atoms with Gasteiger partial charge >= 0.3 is 0 Å². The molecule has 6 nitrogen and oxygen atoms in total. The van der Waals surface area contributed by atoms with Crippen molar-refractivity contribution in [1.29, 1.82) is 0 Å². The third kappa shape index (κ3) is 3.71. The summed E-state index contributed by atoms with van der Waals surface area (Å²) in [5.41, 5.74) is 0.654. The second-order valence-electron chi connectivity index (χ2n) is 6.10. The molecule has 26 heavy (non-hydrogen) atoms. The Kier molecular flexibility index (Phi) is 4.97. The summed E-state index contributed by atoms with van der Waals surface area (Å²) < 4.78 is 46.9. The van der Waals surface area contributed by atoms with Crippen molar-refractivity contribution in [3.63, 3.8) is 0 Å². The molecule has 0 radical (unpaired) electrons. The van der Waals surface area contributed by atoms with Crippen molar-refractivity contribution >= 4 is 21.6 Å². The number of ether oxygens (including phenoxy) is 1. The minimum Gasteiger partial charge on any atom is -0.487 e. The number of carbonyl (C=O) groups is 1. The standard InChI is InChI=1S/C18H19FN2O4S/c1-12-11-21(13(2)22)17-9-15(7-8-18(17)25-12)26(23,24)20-10-14-5-3-4-6-16(14)19/h3-9,12,20H,10-11H2,1-2H3. The highest BCUT2D eigenvalue weighted by Crippen LogP contribution is 2.35. The predicted molar refractivity (Wildman–Crippen MR) is 95.0 cm³/mol. The molecule has 0 aromatic heterocycles. The first-order chi connectivity index (χ1) is 12.3. The Hall–Kier alpha value is -2.45. The van der Waals surface area contributed by atoms with Crippen molar-refractivity contribution in [3.05, 3.63) is 53.8 Å². The SMILES string of the molecule is CC(=O)N1CC(C)Oc2ccc(S(=O)(=O)NCc3ccccc3F)cc21. The minimum absolute atomic E-state index is 0.0167. The van der Waals surface area contributed by atoms with Gasteiger partial charge in [0.05, 0.1) is 17.1 Å². The number of carbonyl (C=O) groups excluding carboxylic acids is 1. The number of anilines is 1. The van der Waals surface area contributed by atoms with Gasteiger partial charge < -0.3 is 9.64 Å². The zero-order valence-electron chi connectivity index (χ0n) is 14.4. The van der Waals surface area contributed by atoms with E-state index in [0.717, 1.165) is 0 Å². The van der Waals surface area contributed by atoms with E-state index >= 15 is 0 Å². The predicted octanol–water partition coefficient (Wildman–Crippen LogP) is 2.44. The molecule has 138 valence electrons. The molecule has 0 spiro atoms. The number of nitrogens with zero attached hydrogens (tertiary/aromatic N) is 1. The molecule has 2 aromatic carbocycles. The summed E-state index contributed by atoms with van der Waals surface area (Å²) in [5, 5.41) is 0. The molecule has 1 amide bonds. The molecular weight excluding hydrogens is 359 g/mol. The molecule has 3 rings (SSSR count). The van der Waals surface area contributed by atoms with Crippen LogP contribution in [0.1, 0.15) is 19.4 Å². The molecule has 0 saturated carbocycles. The Labute approximate surface area is 151 Å². The molecule has 0 bridgehead atoms. The van der Waals surface area contributed by atoms with Gasteiger partial charge in [-0.15, -0.1) is 0 Å². The fourth-order valence-corrected chi connectivity index (χ4v) is 3.81. The Morgan fingerprint density at radius 2 is 2.04 bits per heavy atom. The molecule has 1 heterocycles. The van der Waals surface area contributed by atoms with E-state index in [1.807, 2.05) is 6.92 Å². The van der Waals surface area contributed by atoms with E-state index in [2.05, 4.69) is 4.72 Å². The Balaban J connectivity index is 1.88. The molecule has 1 aliphatic heterocycles. The topological polar surface area (TPSA) is 75.7 Å². The van der Waals surface area contributed by atoms with Gasteiger partial charge in [0.15, 0.2) is 0 Å². The van der Waals surface area contributed by atoms with Crippen LogP contribution in [-0.4, -0.2) is 27.0 Å². The molecule has 0 saturated heterocycles. The van der Waals surface area contributed by atoms with E-state index in [0.29, 0.717) is 18.0 Å². The van der Waals surface area contributed by atoms with Crippen LogP contribution in [0, 0.1) is 5.82 Å². The number of hydrogen-bond donors (Lipinski definition) is 1. The summed E-state index contributed by atoms with van der Waals surface area (Å²) in [6.07, 6.45) is -0.187. The van der Waals surface area contributed by atoms with Crippen LogP contribution in [0.4, 0.5) is 10.1 Å². The number of fused-ring (bicyclic) bond motifs is 1. The number of rotatable bonds is 4. The van der Waals surface area contributed by atoms with Crippen LogP contribution in [0.15, 0.2) is 47.4 Å². The number of halogens is 1. The van der Waals surface area contributed by atoms with Crippen LogP contribution in [0.2, 0.25) is 0 Å². The van der Waals surface area contributed by atoms with E-state index in [9.17, 15) is 17.6 Å².